The molecular weight excluding hydrogens is 214 g/mol. The van der Waals surface area contributed by atoms with Crippen molar-refractivity contribution in [3.8, 4) is 0 Å². The molecule has 0 aromatic rings. The first kappa shape index (κ1) is 11.8. The van der Waals surface area contributed by atoms with Gasteiger partial charge in [-0.15, -0.1) is 0 Å². The summed E-state index contributed by atoms with van der Waals surface area (Å²) in [6.07, 6.45) is 2.61. The van der Waals surface area contributed by atoms with Gasteiger partial charge in [-0.05, 0) is 25.8 Å². The van der Waals surface area contributed by atoms with E-state index in [1.807, 2.05) is 4.72 Å². The van der Waals surface area contributed by atoms with Crippen molar-refractivity contribution >= 4 is 10.0 Å². The Bertz CT molecular complexity index is 263. The molecule has 0 spiro atoms. The van der Waals surface area contributed by atoms with E-state index < -0.39 is 15.8 Å². The van der Waals surface area contributed by atoms with Gasteiger partial charge in [0.25, 0.3) is 10.0 Å². The summed E-state index contributed by atoms with van der Waals surface area (Å²) in [5.74, 6) is -3.33. The Morgan fingerprint density at radius 3 is 2.71 bits per heavy atom. The third kappa shape index (κ3) is 3.47. The molecule has 1 fully saturated rings. The Labute approximate surface area is 82.1 Å². The molecule has 1 atom stereocenters. The van der Waals surface area contributed by atoms with E-state index in [2.05, 4.69) is 5.32 Å². The number of hydrogen-bond donors (Lipinski definition) is 2. The van der Waals surface area contributed by atoms with Crippen LogP contribution in [0.4, 0.5) is 8.78 Å². The number of hydrogen-bond acceptors (Lipinski definition) is 3. The molecule has 4 nitrogen and oxygen atoms in total. The van der Waals surface area contributed by atoms with Crippen molar-refractivity contribution in [2.24, 2.45) is 0 Å². The monoisotopic (exact) mass is 228 g/mol. The van der Waals surface area contributed by atoms with E-state index in [1.165, 1.54) is 0 Å². The number of rotatable bonds is 5. The third-order valence-corrected chi connectivity index (χ3v) is 3.27. The Morgan fingerprint density at radius 1 is 1.50 bits per heavy atom. The first-order valence-electron chi connectivity index (χ1n) is 4.52. The van der Waals surface area contributed by atoms with Crippen LogP contribution in [0.1, 0.15) is 19.3 Å². The fraction of sp³-hybridized carbons (Fsp3) is 1.00. The zero-order valence-electron chi connectivity index (χ0n) is 7.67. The second-order valence-corrected chi connectivity index (χ2v) is 5.02. The third-order valence-electron chi connectivity index (χ3n) is 2.19. The van der Waals surface area contributed by atoms with Gasteiger partial charge in [-0.3, -0.25) is 0 Å². The van der Waals surface area contributed by atoms with E-state index in [1.54, 1.807) is 0 Å². The molecule has 84 valence electrons. The summed E-state index contributed by atoms with van der Waals surface area (Å²) >= 11 is 0. The first-order valence-corrected chi connectivity index (χ1v) is 6.07. The van der Waals surface area contributed by atoms with Gasteiger partial charge in [0.05, 0.1) is 0 Å². The predicted molar refractivity (Wildman–Crippen MR) is 48.6 cm³/mol. The molecular formula is C7H14F2N2O2S. The van der Waals surface area contributed by atoms with Gasteiger partial charge < -0.3 is 5.32 Å². The standard InChI is InChI=1S/C7H14F2N2O2S/c8-7(9)14(12,13)11-5-3-6-2-1-4-10-6/h6-7,10-11H,1-5H2/t6-/m1/s1. The lowest BCUT2D eigenvalue weighted by Gasteiger charge is -2.10. The van der Waals surface area contributed by atoms with Gasteiger partial charge in [-0.1, -0.05) is 0 Å². The van der Waals surface area contributed by atoms with Gasteiger partial charge in [0, 0.05) is 12.6 Å². The lowest BCUT2D eigenvalue weighted by atomic mass is 10.2. The van der Waals surface area contributed by atoms with Crippen LogP contribution < -0.4 is 10.0 Å². The summed E-state index contributed by atoms with van der Waals surface area (Å²) in [7, 11) is -4.40. The number of nitrogens with one attached hydrogen (secondary N) is 2. The molecule has 14 heavy (non-hydrogen) atoms. The van der Waals surface area contributed by atoms with E-state index in [0.29, 0.717) is 6.42 Å². The van der Waals surface area contributed by atoms with Crippen molar-refractivity contribution in [1.82, 2.24) is 10.0 Å². The maximum absolute atomic E-state index is 11.8. The molecule has 0 aromatic carbocycles. The molecule has 0 saturated carbocycles. The summed E-state index contributed by atoms with van der Waals surface area (Å²) in [6, 6.07) is 0.260. The molecule has 0 bridgehead atoms. The minimum absolute atomic E-state index is 0.0737. The first-order chi connectivity index (χ1) is 6.52. The molecule has 2 N–H and O–H groups in total. The Balaban J connectivity index is 2.20. The number of halogens is 2. The van der Waals surface area contributed by atoms with Gasteiger partial charge >= 0.3 is 5.76 Å². The highest BCUT2D eigenvalue weighted by atomic mass is 32.2. The van der Waals surface area contributed by atoms with Crippen LogP contribution in [0, 0.1) is 0 Å². The summed E-state index contributed by atoms with van der Waals surface area (Å²) in [5, 5.41) is 3.15. The van der Waals surface area contributed by atoms with Crippen molar-refractivity contribution in [1.29, 1.82) is 0 Å². The maximum Gasteiger partial charge on any atom is 0.350 e. The highest BCUT2D eigenvalue weighted by molar-refractivity contribution is 7.89. The topological polar surface area (TPSA) is 58.2 Å². The van der Waals surface area contributed by atoms with Crippen LogP contribution in [0.25, 0.3) is 0 Å². The number of alkyl halides is 2. The average Bonchev–Trinajstić information content (AvgIpc) is 2.56. The van der Waals surface area contributed by atoms with E-state index >= 15 is 0 Å². The molecule has 0 aliphatic carbocycles. The molecule has 0 aromatic heterocycles. The van der Waals surface area contributed by atoms with Gasteiger partial charge in [0.15, 0.2) is 0 Å². The zero-order chi connectivity index (χ0) is 10.6. The van der Waals surface area contributed by atoms with Crippen molar-refractivity contribution in [3.05, 3.63) is 0 Å². The Kier molecular flexibility index (Phi) is 4.21. The van der Waals surface area contributed by atoms with Crippen molar-refractivity contribution in [2.75, 3.05) is 13.1 Å². The van der Waals surface area contributed by atoms with E-state index in [9.17, 15) is 17.2 Å². The van der Waals surface area contributed by atoms with Gasteiger partial charge in [0.1, 0.15) is 0 Å². The van der Waals surface area contributed by atoms with E-state index in [4.69, 9.17) is 0 Å². The normalized spacial score (nSPS) is 23.2. The highest BCUT2D eigenvalue weighted by Crippen LogP contribution is 2.08. The van der Waals surface area contributed by atoms with E-state index in [-0.39, 0.29) is 12.6 Å². The smallest absolute Gasteiger partial charge is 0.314 e. The van der Waals surface area contributed by atoms with Crippen molar-refractivity contribution < 1.29 is 17.2 Å². The average molecular weight is 228 g/mol. The lowest BCUT2D eigenvalue weighted by molar-refractivity contribution is 0.232. The maximum atomic E-state index is 11.8. The fourth-order valence-corrected chi connectivity index (χ4v) is 1.97. The van der Waals surface area contributed by atoms with Gasteiger partial charge in [-0.25, -0.2) is 13.1 Å². The zero-order valence-corrected chi connectivity index (χ0v) is 8.49. The van der Waals surface area contributed by atoms with Crippen LogP contribution in [0.5, 0.6) is 0 Å². The molecule has 1 heterocycles. The lowest BCUT2D eigenvalue weighted by Crippen LogP contribution is -2.33. The quantitative estimate of drug-likeness (QED) is 0.710. The SMILES string of the molecule is O=S(=O)(NCC[C@H]1CCCN1)C(F)F. The van der Waals surface area contributed by atoms with Crippen molar-refractivity contribution in [2.45, 2.75) is 31.1 Å². The minimum Gasteiger partial charge on any atom is -0.314 e. The van der Waals surface area contributed by atoms with Crippen LogP contribution in [0.15, 0.2) is 0 Å². The van der Waals surface area contributed by atoms with Gasteiger partial charge in [-0.2, -0.15) is 8.78 Å². The summed E-state index contributed by atoms with van der Waals surface area (Å²) < 4.78 is 46.8. The molecule has 0 amide bonds. The van der Waals surface area contributed by atoms with Crippen LogP contribution in [0.2, 0.25) is 0 Å². The molecule has 7 heteroatoms. The van der Waals surface area contributed by atoms with Crippen molar-refractivity contribution in [3.63, 3.8) is 0 Å². The second-order valence-electron chi connectivity index (χ2n) is 3.28. The van der Waals surface area contributed by atoms with E-state index in [0.717, 1.165) is 19.4 Å². The Morgan fingerprint density at radius 2 is 2.21 bits per heavy atom. The molecule has 0 unspecified atom stereocenters. The second kappa shape index (κ2) is 4.99. The molecule has 1 aliphatic heterocycles. The molecule has 1 aliphatic rings. The molecule has 0 radical (unpaired) electrons. The summed E-state index contributed by atoms with van der Waals surface area (Å²) in [6.45, 7) is 0.997. The summed E-state index contributed by atoms with van der Waals surface area (Å²) in [4.78, 5) is 0. The number of sulfonamides is 1. The Hall–Kier alpha value is -0.270. The fourth-order valence-electron chi connectivity index (χ4n) is 1.44. The van der Waals surface area contributed by atoms with Crippen LogP contribution in [-0.4, -0.2) is 33.3 Å². The highest BCUT2D eigenvalue weighted by Gasteiger charge is 2.23. The molecule has 1 saturated heterocycles. The van der Waals surface area contributed by atoms with Crippen LogP contribution in [0.3, 0.4) is 0 Å². The van der Waals surface area contributed by atoms with Crippen LogP contribution >= 0.6 is 0 Å². The van der Waals surface area contributed by atoms with Crippen LogP contribution in [-0.2, 0) is 10.0 Å². The largest absolute Gasteiger partial charge is 0.350 e. The summed E-state index contributed by atoms with van der Waals surface area (Å²) in [5.41, 5.74) is 0. The predicted octanol–water partition coefficient (Wildman–Crippen LogP) is 0.270. The minimum atomic E-state index is -4.40. The van der Waals surface area contributed by atoms with Gasteiger partial charge in [0.2, 0.25) is 0 Å². The molecule has 1 rings (SSSR count).